The predicted octanol–water partition coefficient (Wildman–Crippen LogP) is 0.0854. The first-order valence-electron chi connectivity index (χ1n) is 1.95. The lowest BCUT2D eigenvalue weighted by Gasteiger charge is -1.94. The maximum atomic E-state index is 10.0. The molecular weight excluding hydrogens is 162 g/mol. The molecule has 0 fully saturated rings. The lowest BCUT2D eigenvalue weighted by atomic mass is 10.7. The molecule has 0 aromatic rings. The van der Waals surface area contributed by atoms with Crippen LogP contribution in [0.5, 0.6) is 0 Å². The second-order valence-corrected chi connectivity index (χ2v) is 2.26. The van der Waals surface area contributed by atoms with Crippen LogP contribution in [-0.2, 0) is 18.9 Å². The van der Waals surface area contributed by atoms with Crippen LogP contribution < -0.4 is 6.15 Å². The Balaban J connectivity index is 0. The van der Waals surface area contributed by atoms with Crippen LogP contribution in [0.2, 0.25) is 0 Å². The van der Waals surface area contributed by atoms with E-state index < -0.39 is 10.4 Å². The minimum absolute atomic E-state index is 0. The van der Waals surface area contributed by atoms with Crippen LogP contribution >= 0.6 is 0 Å². The Morgan fingerprint density at radius 1 is 1.60 bits per heavy atom. The van der Waals surface area contributed by atoms with Gasteiger partial charge in [0.15, 0.2) is 0 Å². The third-order valence-electron chi connectivity index (χ3n) is 0.422. The van der Waals surface area contributed by atoms with Crippen molar-refractivity contribution >= 4 is 10.4 Å². The van der Waals surface area contributed by atoms with E-state index in [1.165, 1.54) is 6.08 Å². The number of hydrogen-bond donors (Lipinski definition) is 2. The lowest BCUT2D eigenvalue weighted by Crippen LogP contribution is -2.07. The van der Waals surface area contributed by atoms with Crippen molar-refractivity contribution in [1.82, 2.24) is 6.15 Å². The monoisotopic (exact) mass is 171 g/mol. The Kier molecular flexibility index (Phi) is 6.51. The van der Waals surface area contributed by atoms with Crippen molar-refractivity contribution in [3.63, 3.8) is 0 Å². The summed E-state index contributed by atoms with van der Waals surface area (Å²) in [7, 11) is -4.20. The van der Waals surface area contributed by atoms with E-state index in [0.717, 1.165) is 0 Å². The first kappa shape index (κ1) is 12.2. The first-order valence-corrected chi connectivity index (χ1v) is 3.29. The molecule has 0 heterocycles. The summed E-state index contributed by atoms with van der Waals surface area (Å²) in [5.41, 5.74) is 0. The smallest absolute Gasteiger partial charge is 0.344 e. The van der Waals surface area contributed by atoms with E-state index in [2.05, 4.69) is 15.1 Å². The van der Waals surface area contributed by atoms with Gasteiger partial charge in [0.05, 0.1) is 6.61 Å². The largest absolute Gasteiger partial charge is 0.426 e. The van der Waals surface area contributed by atoms with Crippen molar-refractivity contribution in [2.75, 3.05) is 6.61 Å². The van der Waals surface area contributed by atoms with E-state index >= 15 is 0 Å². The van der Waals surface area contributed by atoms with Crippen LogP contribution in [0.3, 0.4) is 0 Å². The summed E-state index contributed by atoms with van der Waals surface area (Å²) >= 11 is 0. The molecule has 0 saturated heterocycles. The molecule has 0 unspecified atom stereocenters. The second-order valence-electron chi connectivity index (χ2n) is 1.06. The molecule has 0 saturated carbocycles. The summed E-state index contributed by atoms with van der Waals surface area (Å²) < 4.78 is 26.9. The van der Waals surface area contributed by atoms with Gasteiger partial charge in [-0.2, -0.15) is 8.42 Å². The molecule has 0 atom stereocenters. The molecule has 7 heteroatoms. The normalized spacial score (nSPS) is 10.1. The summed E-state index contributed by atoms with van der Waals surface area (Å²) in [5, 5.41) is 7.57. The lowest BCUT2D eigenvalue weighted by molar-refractivity contribution is -0.142. The number of rotatable bonds is 4. The maximum Gasteiger partial charge on any atom is 0.426 e. The highest BCUT2D eigenvalue weighted by Crippen LogP contribution is 1.90. The molecule has 62 valence electrons. The molecule has 0 aliphatic heterocycles. The Bertz CT molecular complexity index is 173. The third kappa shape index (κ3) is 5.66. The SMILES string of the molecule is C=CCOS(=O)(=O)OO.N. The van der Waals surface area contributed by atoms with Gasteiger partial charge in [0.2, 0.25) is 0 Å². The zero-order chi connectivity index (χ0) is 7.33. The highest BCUT2D eigenvalue weighted by Gasteiger charge is 2.07. The van der Waals surface area contributed by atoms with Crippen molar-refractivity contribution in [2.24, 2.45) is 0 Å². The van der Waals surface area contributed by atoms with E-state index in [1.807, 2.05) is 0 Å². The van der Waals surface area contributed by atoms with Gasteiger partial charge < -0.3 is 6.15 Å². The highest BCUT2D eigenvalue weighted by atomic mass is 32.3. The van der Waals surface area contributed by atoms with E-state index in [1.54, 1.807) is 0 Å². The van der Waals surface area contributed by atoms with Gasteiger partial charge in [-0.05, 0) is 0 Å². The van der Waals surface area contributed by atoms with Crippen LogP contribution in [0.4, 0.5) is 0 Å². The molecule has 0 radical (unpaired) electrons. The van der Waals surface area contributed by atoms with E-state index in [-0.39, 0.29) is 12.8 Å². The average molecular weight is 171 g/mol. The summed E-state index contributed by atoms with van der Waals surface area (Å²) in [4.78, 5) is 0. The van der Waals surface area contributed by atoms with Crippen LogP contribution in [0.25, 0.3) is 0 Å². The van der Waals surface area contributed by atoms with Gasteiger partial charge in [-0.15, -0.1) is 6.58 Å². The van der Waals surface area contributed by atoms with E-state index in [4.69, 9.17) is 5.26 Å². The van der Waals surface area contributed by atoms with Crippen LogP contribution in [0, 0.1) is 0 Å². The van der Waals surface area contributed by atoms with Gasteiger partial charge >= 0.3 is 10.4 Å². The predicted molar refractivity (Wildman–Crippen MR) is 33.8 cm³/mol. The standard InChI is InChI=1S/C3H6O5S.H3N/c1-2-3-7-9(5,6)8-4;/h2,4H,1,3H2;1H3. The minimum atomic E-state index is -4.20. The molecule has 0 bridgehead atoms. The third-order valence-corrected chi connectivity index (χ3v) is 1.03. The van der Waals surface area contributed by atoms with Gasteiger partial charge in [-0.3, -0.25) is 0 Å². The minimum Gasteiger partial charge on any atom is -0.344 e. The molecule has 0 aromatic carbocycles. The molecule has 0 aliphatic carbocycles. The summed E-state index contributed by atoms with van der Waals surface area (Å²) in [6, 6.07) is 0. The Hall–Kier alpha value is -0.470. The van der Waals surface area contributed by atoms with Crippen molar-refractivity contribution in [3.05, 3.63) is 12.7 Å². The van der Waals surface area contributed by atoms with Crippen LogP contribution in [0.15, 0.2) is 12.7 Å². The topological polar surface area (TPSA) is 108 Å². The second kappa shape index (κ2) is 5.33. The van der Waals surface area contributed by atoms with Crippen molar-refractivity contribution in [1.29, 1.82) is 0 Å². The molecule has 4 N–H and O–H groups in total. The molecule has 0 rings (SSSR count). The molecule has 0 spiro atoms. The molecular formula is C3H9NO5S. The summed E-state index contributed by atoms with van der Waals surface area (Å²) in [5.74, 6) is 0. The molecule has 0 aromatic heterocycles. The van der Waals surface area contributed by atoms with Crippen LogP contribution in [0.1, 0.15) is 0 Å². The van der Waals surface area contributed by atoms with Crippen LogP contribution in [-0.4, -0.2) is 20.3 Å². The van der Waals surface area contributed by atoms with Crippen molar-refractivity contribution in [2.45, 2.75) is 0 Å². The fourth-order valence-electron chi connectivity index (χ4n) is 0.153. The average Bonchev–Trinajstić information content (AvgIpc) is 1.84. The maximum absolute atomic E-state index is 10.0. The zero-order valence-electron chi connectivity index (χ0n) is 5.19. The quantitative estimate of drug-likeness (QED) is 0.352. The van der Waals surface area contributed by atoms with Gasteiger partial charge in [-0.1, -0.05) is 10.4 Å². The highest BCUT2D eigenvalue weighted by molar-refractivity contribution is 7.81. The summed E-state index contributed by atoms with van der Waals surface area (Å²) in [6.07, 6.45) is 1.20. The van der Waals surface area contributed by atoms with Crippen molar-refractivity contribution < 1.29 is 22.2 Å². The Morgan fingerprint density at radius 3 is 2.40 bits per heavy atom. The van der Waals surface area contributed by atoms with E-state index in [9.17, 15) is 8.42 Å². The first-order chi connectivity index (χ1) is 4.12. The molecule has 6 nitrogen and oxygen atoms in total. The van der Waals surface area contributed by atoms with Gasteiger partial charge in [0.25, 0.3) is 0 Å². The fourth-order valence-corrected chi connectivity index (χ4v) is 0.459. The molecule has 0 amide bonds. The van der Waals surface area contributed by atoms with Crippen molar-refractivity contribution in [3.8, 4) is 0 Å². The van der Waals surface area contributed by atoms with Gasteiger partial charge in [0.1, 0.15) is 0 Å². The number of hydrogen-bond acceptors (Lipinski definition) is 6. The summed E-state index contributed by atoms with van der Waals surface area (Å²) in [6.45, 7) is 2.95. The van der Waals surface area contributed by atoms with E-state index in [0.29, 0.717) is 0 Å². The van der Waals surface area contributed by atoms with Gasteiger partial charge in [0, 0.05) is 0 Å². The Labute approximate surface area is 58.9 Å². The Morgan fingerprint density at radius 2 is 2.10 bits per heavy atom. The fraction of sp³-hybridized carbons (Fsp3) is 0.333. The molecule has 0 aliphatic rings. The zero-order valence-corrected chi connectivity index (χ0v) is 6.00. The van der Waals surface area contributed by atoms with Gasteiger partial charge in [-0.25, -0.2) is 9.44 Å². The molecule has 10 heavy (non-hydrogen) atoms.